The topological polar surface area (TPSA) is 142 Å². The second-order valence-electron chi connectivity index (χ2n) is 9.83. The molecule has 0 radical (unpaired) electrons. The minimum Gasteiger partial charge on any atom is -0.509 e. The number of nitrogens with one attached hydrogen (secondary N) is 2. The number of aliphatic hydroxyl groups is 1. The predicted molar refractivity (Wildman–Crippen MR) is 174 cm³/mol. The van der Waals surface area contributed by atoms with E-state index in [4.69, 9.17) is 27.9 Å². The first-order valence-electron chi connectivity index (χ1n) is 13.5. The largest absolute Gasteiger partial charge is 0.509 e. The maximum atomic E-state index is 13.6. The van der Waals surface area contributed by atoms with Crippen LogP contribution in [0.15, 0.2) is 90.3 Å². The monoisotopic (exact) mass is 769 g/mol. The molecule has 0 spiro atoms. The van der Waals surface area contributed by atoms with Gasteiger partial charge in [-0.1, -0.05) is 112 Å². The van der Waals surface area contributed by atoms with Gasteiger partial charge in [0.1, 0.15) is 28.8 Å². The van der Waals surface area contributed by atoms with Crippen LogP contribution in [0.2, 0.25) is 0 Å². The van der Waals surface area contributed by atoms with Gasteiger partial charge in [0, 0.05) is 11.6 Å². The SMILES string of the molecule is O=CSC1C(NC(=O)CNC(=O)C(Cl)(Cl)c2cc(F)cc(F)c2)C(=O)N1C(C(=O)OC(c1ccccc1)c1ccccc1)=C(O)CBr. The molecule has 1 fully saturated rings. The summed E-state index contributed by atoms with van der Waals surface area (Å²) in [5.74, 6) is -6.75. The van der Waals surface area contributed by atoms with Crippen LogP contribution in [0.4, 0.5) is 8.78 Å². The van der Waals surface area contributed by atoms with Gasteiger partial charge in [-0.15, -0.1) is 0 Å². The highest BCUT2D eigenvalue weighted by atomic mass is 79.9. The van der Waals surface area contributed by atoms with Gasteiger partial charge >= 0.3 is 5.97 Å². The van der Waals surface area contributed by atoms with Gasteiger partial charge in [-0.2, -0.15) is 0 Å². The summed E-state index contributed by atoms with van der Waals surface area (Å²) in [6.45, 7) is -0.784. The highest BCUT2D eigenvalue weighted by Crippen LogP contribution is 2.37. The first-order chi connectivity index (χ1) is 22.4. The van der Waals surface area contributed by atoms with Crippen LogP contribution in [-0.4, -0.2) is 62.6 Å². The number of halogens is 5. The van der Waals surface area contributed by atoms with Crippen LogP contribution < -0.4 is 10.6 Å². The fraction of sp³-hybridized carbons (Fsp3) is 0.194. The molecule has 3 aromatic carbocycles. The standard InChI is InChI=1S/C31H24BrCl2F2N3O7S/c32-14-22(41)25(29(44)46-26(17-7-3-1-4-8-17)18-9-5-2-6-10-18)39-27(43)24(28(39)47-16-40)38-23(42)15-37-30(45)31(33,34)19-11-20(35)13-21(36)12-19/h1-13,16,24,26,28,41H,14-15H2,(H,37,45)(H,38,42). The van der Waals surface area contributed by atoms with Gasteiger partial charge in [-0.05, 0) is 23.3 Å². The van der Waals surface area contributed by atoms with Crippen molar-refractivity contribution in [2.75, 3.05) is 11.9 Å². The van der Waals surface area contributed by atoms with E-state index in [-0.39, 0.29) is 5.33 Å². The van der Waals surface area contributed by atoms with Gasteiger partial charge in [0.15, 0.2) is 17.4 Å². The number of nitrogens with zero attached hydrogens (tertiary/aromatic N) is 1. The third-order valence-corrected chi connectivity index (χ3v) is 8.92. The second kappa shape index (κ2) is 15.7. The average molecular weight is 771 g/mol. The molecule has 16 heteroatoms. The zero-order chi connectivity index (χ0) is 34.3. The molecule has 0 bridgehead atoms. The summed E-state index contributed by atoms with van der Waals surface area (Å²) in [7, 11) is 0. The van der Waals surface area contributed by atoms with Gasteiger partial charge in [-0.25, -0.2) is 13.6 Å². The molecule has 4 rings (SSSR count). The Morgan fingerprint density at radius 2 is 1.57 bits per heavy atom. The molecule has 1 aliphatic heterocycles. The number of ether oxygens (including phenoxy) is 1. The van der Waals surface area contributed by atoms with Crippen molar-refractivity contribution in [2.45, 2.75) is 21.9 Å². The van der Waals surface area contributed by atoms with Crippen molar-refractivity contribution < 1.29 is 42.6 Å². The summed E-state index contributed by atoms with van der Waals surface area (Å²) in [5, 5.41) is 13.7. The van der Waals surface area contributed by atoms with Crippen molar-refractivity contribution in [3.63, 3.8) is 0 Å². The molecule has 10 nitrogen and oxygen atoms in total. The number of rotatable bonds is 13. The average Bonchev–Trinajstić information content (AvgIpc) is 3.06. The summed E-state index contributed by atoms with van der Waals surface area (Å²) < 4.78 is 30.6. The molecule has 3 amide bonds. The summed E-state index contributed by atoms with van der Waals surface area (Å²) >= 11 is 15.6. The normalized spacial score (nSPS) is 16.6. The smallest absolute Gasteiger partial charge is 0.359 e. The maximum absolute atomic E-state index is 13.6. The lowest BCUT2D eigenvalue weighted by atomic mass is 10.0. The lowest BCUT2D eigenvalue weighted by Crippen LogP contribution is -2.70. The minimum atomic E-state index is -2.48. The van der Waals surface area contributed by atoms with E-state index in [2.05, 4.69) is 26.6 Å². The molecule has 1 heterocycles. The van der Waals surface area contributed by atoms with Gasteiger partial charge in [0.25, 0.3) is 11.8 Å². The number of carbonyl (C=O) groups excluding carboxylic acids is 5. The fourth-order valence-corrected chi connectivity index (χ4v) is 5.96. The number of amides is 3. The number of β-lactam (4-membered cyclic amide) rings is 1. The number of esters is 1. The van der Waals surface area contributed by atoms with Gasteiger partial charge in [0.2, 0.25) is 10.2 Å². The van der Waals surface area contributed by atoms with E-state index < -0.39 is 80.7 Å². The zero-order valence-electron chi connectivity index (χ0n) is 23.9. The Balaban J connectivity index is 1.49. The molecule has 3 aromatic rings. The number of hydrogen-bond acceptors (Lipinski definition) is 8. The highest BCUT2D eigenvalue weighted by molar-refractivity contribution is 9.09. The van der Waals surface area contributed by atoms with Crippen molar-refractivity contribution in [3.8, 4) is 0 Å². The summed E-state index contributed by atoms with van der Waals surface area (Å²) in [4.78, 5) is 64.7. The van der Waals surface area contributed by atoms with E-state index >= 15 is 0 Å². The lowest BCUT2D eigenvalue weighted by molar-refractivity contribution is -0.154. The number of thioether (sulfide) groups is 1. The Morgan fingerprint density at radius 1 is 1.02 bits per heavy atom. The third kappa shape index (κ3) is 8.30. The molecule has 2 atom stereocenters. The van der Waals surface area contributed by atoms with Crippen molar-refractivity contribution >= 4 is 80.2 Å². The van der Waals surface area contributed by atoms with Crippen molar-refractivity contribution in [3.05, 3.63) is 119 Å². The summed E-state index contributed by atoms with van der Waals surface area (Å²) in [5.41, 5.74) is 0.599. The molecule has 2 unspecified atom stereocenters. The van der Waals surface area contributed by atoms with Crippen LogP contribution >= 0.6 is 50.9 Å². The Hall–Kier alpha value is -3.98. The van der Waals surface area contributed by atoms with Crippen molar-refractivity contribution in [1.29, 1.82) is 0 Å². The number of carbonyl (C=O) groups is 5. The highest BCUT2D eigenvalue weighted by Gasteiger charge is 2.53. The van der Waals surface area contributed by atoms with Crippen LogP contribution in [0, 0.1) is 11.6 Å². The van der Waals surface area contributed by atoms with Crippen molar-refractivity contribution in [1.82, 2.24) is 15.5 Å². The number of aliphatic hydroxyl groups excluding tert-OH is 1. The molecule has 3 N–H and O–H groups in total. The predicted octanol–water partition coefficient (Wildman–Crippen LogP) is 4.79. The first-order valence-corrected chi connectivity index (χ1v) is 16.3. The number of allylic oxidation sites excluding steroid dienone is 1. The molecule has 0 aliphatic carbocycles. The van der Waals surface area contributed by atoms with Crippen LogP contribution in [-0.2, 0) is 33.0 Å². The first kappa shape index (κ1) is 35.9. The Kier molecular flexibility index (Phi) is 12.0. The van der Waals surface area contributed by atoms with Gasteiger partial charge in [-0.3, -0.25) is 24.1 Å². The summed E-state index contributed by atoms with van der Waals surface area (Å²) in [6, 6.07) is 18.1. The lowest BCUT2D eigenvalue weighted by Gasteiger charge is -2.46. The number of benzene rings is 3. The van der Waals surface area contributed by atoms with Crippen LogP contribution in [0.25, 0.3) is 0 Å². The quantitative estimate of drug-likeness (QED) is 0.0563. The van der Waals surface area contributed by atoms with Crippen molar-refractivity contribution in [2.24, 2.45) is 0 Å². The number of alkyl halides is 3. The number of likely N-dealkylation sites (tertiary alicyclic amines) is 1. The van der Waals surface area contributed by atoms with E-state index in [1.807, 2.05) is 0 Å². The minimum absolute atomic E-state index is 0.266. The van der Waals surface area contributed by atoms with Crippen LogP contribution in [0.5, 0.6) is 0 Å². The van der Waals surface area contributed by atoms with Crippen LogP contribution in [0.3, 0.4) is 0 Å². The maximum Gasteiger partial charge on any atom is 0.359 e. The van der Waals surface area contributed by atoms with E-state index in [1.165, 1.54) is 0 Å². The third-order valence-electron chi connectivity index (χ3n) is 6.74. The molecule has 246 valence electrons. The van der Waals surface area contributed by atoms with E-state index in [1.54, 1.807) is 60.7 Å². The zero-order valence-corrected chi connectivity index (χ0v) is 27.8. The molecular weight excluding hydrogens is 747 g/mol. The van der Waals surface area contributed by atoms with E-state index in [0.29, 0.717) is 34.6 Å². The molecule has 0 saturated carbocycles. The van der Waals surface area contributed by atoms with Gasteiger partial charge < -0.3 is 20.5 Å². The Bertz CT molecular complexity index is 1640. The summed E-state index contributed by atoms with van der Waals surface area (Å²) in [6.07, 6.45) is -0.935. The molecular formula is C31H24BrCl2F2N3O7S. The van der Waals surface area contributed by atoms with E-state index in [0.717, 1.165) is 17.0 Å². The molecule has 47 heavy (non-hydrogen) atoms. The Morgan fingerprint density at radius 3 is 2.09 bits per heavy atom. The number of hydrogen-bond donors (Lipinski definition) is 3. The molecule has 0 aromatic heterocycles. The molecule has 1 saturated heterocycles. The molecule has 1 aliphatic rings. The van der Waals surface area contributed by atoms with E-state index in [9.17, 15) is 37.9 Å². The Labute approximate surface area is 289 Å². The van der Waals surface area contributed by atoms with Crippen LogP contribution in [0.1, 0.15) is 22.8 Å². The fourth-order valence-electron chi connectivity index (χ4n) is 4.56. The van der Waals surface area contributed by atoms with Gasteiger partial charge in [0.05, 0.1) is 11.9 Å². The second-order valence-corrected chi connectivity index (χ2v) is 12.7.